The third-order valence-electron chi connectivity index (χ3n) is 7.03. The van der Waals surface area contributed by atoms with E-state index in [4.69, 9.17) is 19.9 Å². The van der Waals surface area contributed by atoms with Crippen LogP contribution in [0, 0.1) is 5.92 Å². The number of anilines is 1. The number of fused-ring (bicyclic) bond motifs is 1. The van der Waals surface area contributed by atoms with E-state index in [1.807, 2.05) is 13.8 Å². The van der Waals surface area contributed by atoms with E-state index in [9.17, 15) is 15.0 Å². The predicted octanol–water partition coefficient (Wildman–Crippen LogP) is 2.01. The van der Waals surface area contributed by atoms with Crippen LogP contribution in [0.4, 0.5) is 10.6 Å². The van der Waals surface area contributed by atoms with Crippen molar-refractivity contribution in [3.05, 3.63) is 35.8 Å². The van der Waals surface area contributed by atoms with E-state index >= 15 is 0 Å². The van der Waals surface area contributed by atoms with E-state index in [0.717, 1.165) is 19.3 Å². The molecule has 1 saturated heterocycles. The molecule has 2 aliphatic rings. The number of hydrogen-bond donors (Lipinski definition) is 3. The maximum absolute atomic E-state index is 12.5. The molecule has 0 aromatic carbocycles. The molecule has 0 amide bonds. The van der Waals surface area contributed by atoms with E-state index < -0.39 is 35.7 Å². The minimum atomic E-state index is -1.55. The van der Waals surface area contributed by atoms with Crippen LogP contribution in [0.15, 0.2) is 35.1 Å². The lowest BCUT2D eigenvalue weighted by molar-refractivity contribution is -0.0840. The van der Waals surface area contributed by atoms with Crippen molar-refractivity contribution in [3.8, 4) is 0 Å². The van der Waals surface area contributed by atoms with Gasteiger partial charge in [-0.05, 0) is 52.2 Å². The molecule has 2 aromatic rings. The molecule has 5 atom stereocenters. The van der Waals surface area contributed by atoms with Crippen molar-refractivity contribution in [3.63, 3.8) is 0 Å². The average molecular weight is 488 g/mol. The number of hydrogen-bond acceptors (Lipinski definition) is 10. The molecule has 4 rings (SSSR count). The lowest BCUT2D eigenvalue weighted by Gasteiger charge is -2.35. The van der Waals surface area contributed by atoms with Gasteiger partial charge in [-0.15, -0.1) is 0 Å². The van der Waals surface area contributed by atoms with Crippen LogP contribution in [0.3, 0.4) is 0 Å². The molecule has 1 unspecified atom stereocenters. The topological polar surface area (TPSA) is 154 Å². The molecule has 11 heteroatoms. The average Bonchev–Trinajstić information content (AvgIpc) is 3.35. The molecule has 1 aliphatic carbocycles. The van der Waals surface area contributed by atoms with Gasteiger partial charge in [0, 0.05) is 19.2 Å². The van der Waals surface area contributed by atoms with Gasteiger partial charge in [-0.25, -0.2) is 14.3 Å². The first-order chi connectivity index (χ1) is 16.6. The zero-order valence-corrected chi connectivity index (χ0v) is 20.4. The highest BCUT2D eigenvalue weighted by Crippen LogP contribution is 2.40. The zero-order valence-electron chi connectivity index (χ0n) is 20.4. The minimum absolute atomic E-state index is 0.180. The first kappa shape index (κ1) is 25.1. The highest BCUT2D eigenvalue weighted by molar-refractivity contribution is 5.75. The van der Waals surface area contributed by atoms with Crippen molar-refractivity contribution in [2.45, 2.75) is 69.5 Å². The third-order valence-corrected chi connectivity index (χ3v) is 7.03. The summed E-state index contributed by atoms with van der Waals surface area (Å²) in [4.78, 5) is 20.5. The fourth-order valence-electron chi connectivity index (χ4n) is 4.88. The Labute approximate surface area is 203 Å². The largest absolute Gasteiger partial charge is 0.508 e. The number of carbonyl (C=O) groups is 1. The van der Waals surface area contributed by atoms with Gasteiger partial charge < -0.3 is 30.2 Å². The number of aliphatic imine (C=N–C) groups is 1. The summed E-state index contributed by atoms with van der Waals surface area (Å²) >= 11 is 0. The fraction of sp³-hybridized carbons (Fsp3) is 0.583. The van der Waals surface area contributed by atoms with E-state index in [-0.39, 0.29) is 18.3 Å². The van der Waals surface area contributed by atoms with Gasteiger partial charge in [0.1, 0.15) is 42.4 Å². The normalized spacial score (nSPS) is 29.5. The lowest BCUT2D eigenvalue weighted by atomic mass is 9.80. The fourth-order valence-corrected chi connectivity index (χ4v) is 4.88. The molecule has 0 bridgehead atoms. The Hall–Kier alpha value is -3.02. The lowest BCUT2D eigenvalue weighted by Crippen LogP contribution is -2.43. The molecular weight excluding hydrogens is 454 g/mol. The van der Waals surface area contributed by atoms with Crippen molar-refractivity contribution in [2.75, 3.05) is 19.4 Å². The summed E-state index contributed by atoms with van der Waals surface area (Å²) in [7, 11) is 1.52. The molecule has 0 radical (unpaired) electrons. The third kappa shape index (κ3) is 4.63. The molecular formula is C24H33N5O6. The Morgan fingerprint density at radius 3 is 2.89 bits per heavy atom. The van der Waals surface area contributed by atoms with Crippen LogP contribution in [0.5, 0.6) is 0 Å². The number of rotatable bonds is 6. The minimum Gasteiger partial charge on any atom is -0.431 e. The van der Waals surface area contributed by atoms with Crippen LogP contribution in [0.2, 0.25) is 0 Å². The Morgan fingerprint density at radius 1 is 1.43 bits per heavy atom. The summed E-state index contributed by atoms with van der Waals surface area (Å²) in [6, 6.07) is 3.35. The number of aliphatic hydroxyl groups excluding tert-OH is 2. The number of nitrogens with zero attached hydrogens (tertiary/aromatic N) is 4. The second-order valence-electron chi connectivity index (χ2n) is 9.72. The number of aromatic nitrogens is 3. The van der Waals surface area contributed by atoms with E-state index in [0.29, 0.717) is 11.2 Å². The van der Waals surface area contributed by atoms with Crippen molar-refractivity contribution in [2.24, 2.45) is 10.9 Å². The SMILES string of the molecule is CN=C[C@@]1(c2ccc3c(N)ncnn23)O[C@H](COC(=O)OC(C)(C)C2CC=C(C)CC2)[C@@H](O)[C@H]1O. The van der Waals surface area contributed by atoms with Crippen molar-refractivity contribution in [1.82, 2.24) is 14.6 Å². The number of nitrogens with two attached hydrogens (primary N) is 1. The molecule has 35 heavy (non-hydrogen) atoms. The second kappa shape index (κ2) is 9.56. The Bertz CT molecular complexity index is 1140. The van der Waals surface area contributed by atoms with Crippen LogP contribution >= 0.6 is 0 Å². The second-order valence-corrected chi connectivity index (χ2v) is 9.72. The van der Waals surface area contributed by atoms with Crippen molar-refractivity contribution < 1.29 is 29.2 Å². The quantitative estimate of drug-likeness (QED) is 0.315. The number of carbonyl (C=O) groups excluding carboxylic acids is 1. The van der Waals surface area contributed by atoms with E-state index in [1.165, 1.54) is 29.7 Å². The van der Waals surface area contributed by atoms with Gasteiger partial charge in [-0.3, -0.25) is 4.99 Å². The maximum atomic E-state index is 12.5. The number of aliphatic hydroxyl groups is 2. The van der Waals surface area contributed by atoms with Gasteiger partial charge in [-0.1, -0.05) is 11.6 Å². The van der Waals surface area contributed by atoms with Crippen LogP contribution in [-0.2, 0) is 19.8 Å². The van der Waals surface area contributed by atoms with Crippen molar-refractivity contribution in [1.29, 1.82) is 0 Å². The Balaban J connectivity index is 1.48. The summed E-state index contributed by atoms with van der Waals surface area (Å²) in [6.07, 6.45) is 2.89. The number of ether oxygens (including phenoxy) is 3. The first-order valence-electron chi connectivity index (χ1n) is 11.7. The standard InChI is InChI=1S/C24H33N5O6/c1-14-5-7-15(8-6-14)23(2,3)35-22(32)33-11-17-19(30)20(31)24(34-17,12-26-4)18-10-9-16-21(25)27-13-28-29(16)18/h5,9-10,12-13,15,17,19-20,30-31H,6-8,11H2,1-4H3,(H2,25,27,28)/t15?,17-,19-,20-,24+/m1/s1. The maximum Gasteiger partial charge on any atom is 0.508 e. The molecule has 1 fully saturated rings. The van der Waals surface area contributed by atoms with Crippen molar-refractivity contribution >= 4 is 23.7 Å². The summed E-state index contributed by atoms with van der Waals surface area (Å²) in [6.45, 7) is 5.51. The van der Waals surface area contributed by atoms with E-state index in [2.05, 4.69) is 28.1 Å². The molecule has 1 aliphatic heterocycles. The Kier molecular flexibility index (Phi) is 6.85. The summed E-state index contributed by atoms with van der Waals surface area (Å²) in [5.74, 6) is 0.427. The van der Waals surface area contributed by atoms with Gasteiger partial charge in [0.2, 0.25) is 0 Å². The van der Waals surface area contributed by atoms with Crippen LogP contribution in [0.1, 0.15) is 45.7 Å². The molecule has 3 heterocycles. The number of allylic oxidation sites excluding steroid dienone is 2. The molecule has 4 N–H and O–H groups in total. The van der Waals surface area contributed by atoms with Crippen LogP contribution in [-0.4, -0.2) is 74.7 Å². The van der Waals surface area contributed by atoms with Gasteiger partial charge >= 0.3 is 6.16 Å². The van der Waals surface area contributed by atoms with Gasteiger partial charge in [0.25, 0.3) is 0 Å². The summed E-state index contributed by atoms with van der Waals surface area (Å²) in [5.41, 5.74) is 5.91. The highest BCUT2D eigenvalue weighted by atomic mass is 16.7. The molecule has 11 nitrogen and oxygen atoms in total. The summed E-state index contributed by atoms with van der Waals surface area (Å²) in [5, 5.41) is 26.0. The van der Waals surface area contributed by atoms with Gasteiger partial charge in [0.15, 0.2) is 11.4 Å². The monoisotopic (exact) mass is 487 g/mol. The molecule has 190 valence electrons. The first-order valence-corrected chi connectivity index (χ1v) is 11.7. The zero-order chi connectivity index (χ0) is 25.4. The molecule has 2 aromatic heterocycles. The number of nitrogen functional groups attached to an aromatic ring is 1. The summed E-state index contributed by atoms with van der Waals surface area (Å²) < 4.78 is 18.5. The smallest absolute Gasteiger partial charge is 0.431 e. The Morgan fingerprint density at radius 2 is 2.20 bits per heavy atom. The predicted molar refractivity (Wildman–Crippen MR) is 128 cm³/mol. The van der Waals surface area contributed by atoms with Gasteiger partial charge in [0.05, 0.1) is 5.69 Å². The highest BCUT2D eigenvalue weighted by Gasteiger charge is 2.56. The van der Waals surface area contributed by atoms with Crippen LogP contribution in [0.25, 0.3) is 5.52 Å². The van der Waals surface area contributed by atoms with Crippen LogP contribution < -0.4 is 5.73 Å². The van der Waals surface area contributed by atoms with Gasteiger partial charge in [-0.2, -0.15) is 5.10 Å². The molecule has 0 saturated carbocycles. The van der Waals surface area contributed by atoms with E-state index in [1.54, 1.807) is 12.1 Å². The molecule has 0 spiro atoms.